The number of fused-ring (bicyclic) bond motifs is 1. The molecule has 1 saturated heterocycles. The van der Waals surface area contributed by atoms with E-state index in [1.54, 1.807) is 0 Å². The summed E-state index contributed by atoms with van der Waals surface area (Å²) < 4.78 is 11.7. The predicted octanol–water partition coefficient (Wildman–Crippen LogP) is 6.24. The highest BCUT2D eigenvalue weighted by Gasteiger charge is 2.33. The fourth-order valence-electron chi connectivity index (χ4n) is 4.69. The van der Waals surface area contributed by atoms with E-state index in [1.807, 2.05) is 64.1 Å². The van der Waals surface area contributed by atoms with Crippen LogP contribution < -0.4 is 0 Å². The number of carboxylic acids is 1. The Labute approximate surface area is 206 Å². The number of hydrogen-bond donors (Lipinski definition) is 1. The Morgan fingerprint density at radius 3 is 2.29 bits per heavy atom. The van der Waals surface area contributed by atoms with Crippen LogP contribution in [0.3, 0.4) is 0 Å². The second-order valence-corrected chi connectivity index (χ2v) is 10.2. The van der Waals surface area contributed by atoms with Gasteiger partial charge in [-0.3, -0.25) is 4.90 Å². The molecule has 0 bridgehead atoms. The Hall–Kier alpha value is -2.44. The zero-order valence-electron chi connectivity index (χ0n) is 20.2. The normalized spacial score (nSPS) is 16.0. The molecule has 1 aliphatic rings. The first-order chi connectivity index (χ1) is 16.2. The van der Waals surface area contributed by atoms with Gasteiger partial charge in [0.1, 0.15) is 0 Å². The molecule has 0 saturated carbocycles. The van der Waals surface area contributed by atoms with Crippen LogP contribution >= 0.6 is 11.6 Å². The molecule has 1 heterocycles. The maximum Gasteiger partial charge on any atom is 0.337 e. The molecular formula is C28H32ClNO4. The molecule has 0 amide bonds. The fourth-order valence-corrected chi connectivity index (χ4v) is 4.82. The Bertz CT molecular complexity index is 1180. The highest BCUT2D eigenvalue weighted by atomic mass is 35.5. The minimum Gasteiger partial charge on any atom is -0.479 e. The number of carbonyl (C=O) groups is 1. The molecule has 3 aromatic rings. The number of hydrogen-bond acceptors (Lipinski definition) is 4. The lowest BCUT2D eigenvalue weighted by atomic mass is 9.83. The monoisotopic (exact) mass is 481 g/mol. The lowest BCUT2D eigenvalue weighted by Gasteiger charge is -2.32. The summed E-state index contributed by atoms with van der Waals surface area (Å²) in [5.41, 5.74) is 3.95. The van der Waals surface area contributed by atoms with Gasteiger partial charge in [-0.25, -0.2) is 4.79 Å². The van der Waals surface area contributed by atoms with Gasteiger partial charge in [0, 0.05) is 30.2 Å². The number of aliphatic carboxylic acids is 1. The van der Waals surface area contributed by atoms with Crippen molar-refractivity contribution in [3.05, 3.63) is 70.2 Å². The molecule has 3 aromatic carbocycles. The Morgan fingerprint density at radius 1 is 1.09 bits per heavy atom. The van der Waals surface area contributed by atoms with Crippen LogP contribution in [0.25, 0.3) is 21.9 Å². The van der Waals surface area contributed by atoms with Crippen LogP contribution in [0.15, 0.2) is 48.5 Å². The summed E-state index contributed by atoms with van der Waals surface area (Å²) in [7, 11) is 0. The quantitative estimate of drug-likeness (QED) is 0.451. The highest BCUT2D eigenvalue weighted by Crippen LogP contribution is 2.43. The molecule has 34 heavy (non-hydrogen) atoms. The van der Waals surface area contributed by atoms with Crippen molar-refractivity contribution in [1.82, 2.24) is 4.90 Å². The molecule has 180 valence electrons. The van der Waals surface area contributed by atoms with Crippen molar-refractivity contribution in [3.63, 3.8) is 0 Å². The predicted molar refractivity (Wildman–Crippen MR) is 136 cm³/mol. The summed E-state index contributed by atoms with van der Waals surface area (Å²) >= 11 is 6.19. The molecule has 0 spiro atoms. The van der Waals surface area contributed by atoms with E-state index in [0.29, 0.717) is 23.8 Å². The Kier molecular flexibility index (Phi) is 7.29. The van der Waals surface area contributed by atoms with Gasteiger partial charge in [-0.05, 0) is 72.9 Å². The van der Waals surface area contributed by atoms with Crippen molar-refractivity contribution < 1.29 is 19.4 Å². The molecule has 1 atom stereocenters. The summed E-state index contributed by atoms with van der Waals surface area (Å²) in [6.07, 6.45) is -1.11. The van der Waals surface area contributed by atoms with Crippen LogP contribution in [0.2, 0.25) is 5.02 Å². The molecule has 0 aromatic heterocycles. The van der Waals surface area contributed by atoms with Crippen LogP contribution in [0.1, 0.15) is 43.6 Å². The van der Waals surface area contributed by atoms with Crippen molar-refractivity contribution in [2.24, 2.45) is 0 Å². The van der Waals surface area contributed by atoms with Gasteiger partial charge in [0.05, 0.1) is 18.8 Å². The first-order valence-electron chi connectivity index (χ1n) is 11.7. The van der Waals surface area contributed by atoms with E-state index >= 15 is 0 Å². The van der Waals surface area contributed by atoms with Gasteiger partial charge < -0.3 is 14.6 Å². The van der Waals surface area contributed by atoms with Gasteiger partial charge in [-0.15, -0.1) is 0 Å². The standard InChI is InChI=1S/C28H32ClNO4/c1-18-23(17-30-13-15-33-16-14-30)21-7-5-6-8-22(21)25(19-9-11-20(29)12-10-19)24(18)26(27(31)32)34-28(2,3)4/h5-12,26H,13-17H2,1-4H3,(H,31,32). The first kappa shape index (κ1) is 24.7. The summed E-state index contributed by atoms with van der Waals surface area (Å²) in [5, 5.41) is 13.1. The number of benzene rings is 3. The number of rotatable bonds is 6. The number of ether oxygens (including phenoxy) is 2. The lowest BCUT2D eigenvalue weighted by molar-refractivity contribution is -0.160. The van der Waals surface area contributed by atoms with Crippen molar-refractivity contribution in [2.45, 2.75) is 45.9 Å². The summed E-state index contributed by atoms with van der Waals surface area (Å²) in [4.78, 5) is 15.0. The Balaban J connectivity index is 2.02. The third-order valence-electron chi connectivity index (χ3n) is 6.22. The van der Waals surface area contributed by atoms with Crippen LogP contribution in [-0.4, -0.2) is 47.9 Å². The molecule has 6 heteroatoms. The Morgan fingerprint density at radius 2 is 1.71 bits per heavy atom. The molecule has 1 N–H and O–H groups in total. The maximum absolute atomic E-state index is 12.6. The smallest absolute Gasteiger partial charge is 0.337 e. The summed E-state index contributed by atoms with van der Waals surface area (Å²) in [6.45, 7) is 11.5. The van der Waals surface area contributed by atoms with E-state index in [9.17, 15) is 9.90 Å². The number of nitrogens with zero attached hydrogens (tertiary/aromatic N) is 1. The lowest BCUT2D eigenvalue weighted by Crippen LogP contribution is -2.36. The van der Waals surface area contributed by atoms with E-state index in [0.717, 1.165) is 52.7 Å². The molecule has 0 aliphatic carbocycles. The van der Waals surface area contributed by atoms with Gasteiger partial charge in [0.15, 0.2) is 6.10 Å². The summed E-state index contributed by atoms with van der Waals surface area (Å²) in [6, 6.07) is 15.8. The van der Waals surface area contributed by atoms with Crippen LogP contribution in [0.4, 0.5) is 0 Å². The van der Waals surface area contributed by atoms with Gasteiger partial charge in [0.2, 0.25) is 0 Å². The van der Waals surface area contributed by atoms with Gasteiger partial charge >= 0.3 is 5.97 Å². The number of morpholine rings is 1. The van der Waals surface area contributed by atoms with Crippen molar-refractivity contribution in [1.29, 1.82) is 0 Å². The third kappa shape index (κ3) is 5.28. The van der Waals surface area contributed by atoms with E-state index in [2.05, 4.69) is 17.0 Å². The van der Waals surface area contributed by atoms with E-state index in [4.69, 9.17) is 21.1 Å². The molecule has 0 radical (unpaired) electrons. The minimum atomic E-state index is -1.11. The van der Waals surface area contributed by atoms with Crippen molar-refractivity contribution >= 4 is 28.3 Å². The molecular weight excluding hydrogens is 450 g/mol. The zero-order chi connectivity index (χ0) is 24.5. The largest absolute Gasteiger partial charge is 0.479 e. The number of halogens is 1. The van der Waals surface area contributed by atoms with E-state index in [-0.39, 0.29) is 0 Å². The SMILES string of the molecule is Cc1c(C(OC(C)(C)C)C(=O)O)c(-c2ccc(Cl)cc2)c2ccccc2c1CN1CCOCC1. The fraction of sp³-hybridized carbons (Fsp3) is 0.393. The second kappa shape index (κ2) is 10.0. The zero-order valence-corrected chi connectivity index (χ0v) is 21.0. The van der Waals surface area contributed by atoms with E-state index < -0.39 is 17.7 Å². The molecule has 4 rings (SSSR count). The van der Waals surface area contributed by atoms with Gasteiger partial charge in [0.25, 0.3) is 0 Å². The third-order valence-corrected chi connectivity index (χ3v) is 6.48. The average Bonchev–Trinajstić information content (AvgIpc) is 2.80. The summed E-state index contributed by atoms with van der Waals surface area (Å²) in [5.74, 6) is -0.999. The number of carboxylic acid groups (broad SMARTS) is 1. The maximum atomic E-state index is 12.6. The van der Waals surface area contributed by atoms with Crippen LogP contribution in [0, 0.1) is 6.92 Å². The highest BCUT2D eigenvalue weighted by molar-refractivity contribution is 6.30. The van der Waals surface area contributed by atoms with Gasteiger partial charge in [-0.2, -0.15) is 0 Å². The first-order valence-corrected chi connectivity index (χ1v) is 12.0. The van der Waals surface area contributed by atoms with Crippen molar-refractivity contribution in [2.75, 3.05) is 26.3 Å². The second-order valence-electron chi connectivity index (χ2n) is 9.78. The topological polar surface area (TPSA) is 59.0 Å². The molecule has 1 aliphatic heterocycles. The van der Waals surface area contributed by atoms with Gasteiger partial charge in [-0.1, -0.05) is 48.0 Å². The van der Waals surface area contributed by atoms with Crippen molar-refractivity contribution in [3.8, 4) is 11.1 Å². The average molecular weight is 482 g/mol. The van der Waals surface area contributed by atoms with E-state index in [1.165, 1.54) is 0 Å². The molecule has 5 nitrogen and oxygen atoms in total. The molecule has 1 unspecified atom stereocenters. The minimum absolute atomic E-state index is 0.635. The molecule has 1 fully saturated rings. The van der Waals surface area contributed by atoms with Crippen LogP contribution in [-0.2, 0) is 20.8 Å². The van der Waals surface area contributed by atoms with Crippen LogP contribution in [0.5, 0.6) is 0 Å².